The van der Waals surface area contributed by atoms with Gasteiger partial charge in [0.25, 0.3) is 0 Å². The minimum atomic E-state index is -0.436. The van der Waals surface area contributed by atoms with E-state index in [-0.39, 0.29) is 17.7 Å². The first kappa shape index (κ1) is 39.6. The van der Waals surface area contributed by atoms with E-state index in [0.717, 1.165) is 79.5 Å². The van der Waals surface area contributed by atoms with E-state index in [1.165, 1.54) is 31.4 Å². The molecule has 4 fully saturated rings. The van der Waals surface area contributed by atoms with Crippen LogP contribution in [0.1, 0.15) is 92.9 Å². The summed E-state index contributed by atoms with van der Waals surface area (Å²) in [6.45, 7) is 16.8. The van der Waals surface area contributed by atoms with E-state index >= 15 is 0 Å². The normalized spacial score (nSPS) is 19.9. The summed E-state index contributed by atoms with van der Waals surface area (Å²) in [7, 11) is 0. The summed E-state index contributed by atoms with van der Waals surface area (Å²) in [6, 6.07) is 15.6. The van der Waals surface area contributed by atoms with Gasteiger partial charge in [-0.1, -0.05) is 39.1 Å². The maximum atomic E-state index is 12.3. The Kier molecular flexibility index (Phi) is 13.6. The lowest BCUT2D eigenvalue weighted by molar-refractivity contribution is 0.0151. The molecule has 2 spiro atoms. The topological polar surface area (TPSA) is 74.3 Å². The van der Waals surface area contributed by atoms with Crippen LogP contribution in [-0.4, -0.2) is 83.5 Å². The molecule has 49 heavy (non-hydrogen) atoms. The Bertz CT molecular complexity index is 1330. The lowest BCUT2D eigenvalue weighted by atomic mass is 9.84. The van der Waals surface area contributed by atoms with Crippen LogP contribution < -0.4 is 10.2 Å². The maximum absolute atomic E-state index is 12.3. The third kappa shape index (κ3) is 11.9. The second kappa shape index (κ2) is 16.9. The molecule has 0 aliphatic carbocycles. The summed E-state index contributed by atoms with van der Waals surface area (Å²) in [5.74, 6) is 0. The van der Waals surface area contributed by atoms with E-state index in [9.17, 15) is 9.59 Å². The number of ether oxygens (including phenoxy) is 2. The van der Waals surface area contributed by atoms with E-state index in [4.69, 9.17) is 32.7 Å². The number of rotatable bonds is 1. The minimum Gasteiger partial charge on any atom is -0.444 e. The number of piperidine rings is 2. The van der Waals surface area contributed by atoms with Crippen LogP contribution in [0.15, 0.2) is 53.0 Å². The van der Waals surface area contributed by atoms with Crippen LogP contribution in [0.4, 0.5) is 15.3 Å². The van der Waals surface area contributed by atoms with Gasteiger partial charge in [-0.25, -0.2) is 9.59 Å². The van der Waals surface area contributed by atoms with E-state index in [1.807, 2.05) is 87.7 Å². The number of carbonyl (C=O) groups excluding carboxylic acids is 2. The van der Waals surface area contributed by atoms with Crippen molar-refractivity contribution in [1.29, 1.82) is 0 Å². The van der Waals surface area contributed by atoms with Gasteiger partial charge in [-0.05, 0) is 148 Å². The number of benzene rings is 2. The highest BCUT2D eigenvalue weighted by atomic mass is 79.9. The number of carbonyl (C=O) groups is 2. The van der Waals surface area contributed by atoms with Gasteiger partial charge in [0, 0.05) is 64.0 Å². The summed E-state index contributed by atoms with van der Waals surface area (Å²) in [5, 5.41) is 5.14. The highest BCUT2D eigenvalue weighted by Gasteiger charge is 2.44. The van der Waals surface area contributed by atoms with Crippen LogP contribution in [0.2, 0.25) is 10.0 Å². The molecule has 2 aromatic rings. The molecule has 4 heterocycles. The van der Waals surface area contributed by atoms with Crippen LogP contribution in [-0.2, 0) is 9.47 Å². The van der Waals surface area contributed by atoms with Crippen LogP contribution in [0.5, 0.6) is 0 Å². The fraction of sp³-hybridized carbons (Fsp3) is 0.632. The van der Waals surface area contributed by atoms with E-state index < -0.39 is 11.2 Å². The van der Waals surface area contributed by atoms with Crippen molar-refractivity contribution in [3.63, 3.8) is 0 Å². The molecule has 0 aromatic heterocycles. The molecule has 0 bridgehead atoms. The van der Waals surface area contributed by atoms with Crippen molar-refractivity contribution >= 4 is 57.0 Å². The molecule has 11 heteroatoms. The first-order valence-corrected chi connectivity index (χ1v) is 19.2. The smallest absolute Gasteiger partial charge is 0.410 e. The van der Waals surface area contributed by atoms with Gasteiger partial charge in [0.2, 0.25) is 0 Å². The van der Waals surface area contributed by atoms with Crippen LogP contribution in [0.3, 0.4) is 0 Å². The summed E-state index contributed by atoms with van der Waals surface area (Å²) in [6.07, 6.45) is 8.69. The van der Waals surface area contributed by atoms with Gasteiger partial charge in [-0.2, -0.15) is 0 Å². The molecule has 4 aliphatic rings. The Hall–Kier alpha value is -2.20. The van der Waals surface area contributed by atoms with Gasteiger partial charge < -0.3 is 29.5 Å². The molecular formula is C38H55BrCl2N4O4. The average Bonchev–Trinajstić information content (AvgIpc) is 3.66. The fourth-order valence-electron chi connectivity index (χ4n) is 7.08. The first-order valence-electron chi connectivity index (χ1n) is 17.6. The predicted octanol–water partition coefficient (Wildman–Crippen LogP) is 9.95. The Balaban J connectivity index is 0.000000187. The standard InChI is InChI=1S/C19H27ClN2O2.C13H24N2O2.C6H4BrCl/c1-18(2,3)24-17(23)21-13-10-19(11-14-21)9-4-12-22(19)16-7-5-15(20)6-8-16;1-12(2,3)17-11(16)15-9-6-13(7-10-15)5-4-8-14-13;7-5-1-3-6(8)4-2-5/h5-8H,4,9-14H2,1-3H3;14H,4-10H2,1-3H3;1-4H. The van der Waals surface area contributed by atoms with Crippen LogP contribution in [0, 0.1) is 0 Å². The molecule has 2 aromatic carbocycles. The monoisotopic (exact) mass is 780 g/mol. The second-order valence-electron chi connectivity index (χ2n) is 15.6. The molecule has 0 saturated carbocycles. The van der Waals surface area contributed by atoms with Crippen molar-refractivity contribution < 1.29 is 19.1 Å². The van der Waals surface area contributed by atoms with E-state index in [1.54, 1.807) is 0 Å². The number of hydrogen-bond acceptors (Lipinski definition) is 6. The van der Waals surface area contributed by atoms with E-state index in [2.05, 4.69) is 38.3 Å². The number of nitrogens with one attached hydrogen (secondary N) is 1. The average molecular weight is 783 g/mol. The number of nitrogens with zero attached hydrogens (tertiary/aromatic N) is 3. The quantitative estimate of drug-likeness (QED) is 0.311. The van der Waals surface area contributed by atoms with Crippen molar-refractivity contribution in [1.82, 2.24) is 15.1 Å². The highest BCUT2D eigenvalue weighted by molar-refractivity contribution is 9.10. The minimum absolute atomic E-state index is 0.162. The largest absolute Gasteiger partial charge is 0.444 e. The van der Waals surface area contributed by atoms with Crippen molar-refractivity contribution in [2.24, 2.45) is 0 Å². The molecule has 4 saturated heterocycles. The van der Waals surface area contributed by atoms with Crippen LogP contribution >= 0.6 is 39.1 Å². The van der Waals surface area contributed by atoms with Gasteiger partial charge in [-0.15, -0.1) is 0 Å². The highest BCUT2D eigenvalue weighted by Crippen LogP contribution is 2.42. The molecular weight excluding hydrogens is 727 g/mol. The molecule has 6 rings (SSSR count). The maximum Gasteiger partial charge on any atom is 0.410 e. The molecule has 2 amide bonds. The third-order valence-corrected chi connectivity index (χ3v) is 10.6. The van der Waals surface area contributed by atoms with Gasteiger partial charge in [0.05, 0.1) is 0 Å². The number of halogens is 3. The Morgan fingerprint density at radius 1 is 0.673 bits per heavy atom. The van der Waals surface area contributed by atoms with Crippen molar-refractivity contribution in [3.8, 4) is 0 Å². The van der Waals surface area contributed by atoms with Crippen molar-refractivity contribution in [2.45, 2.75) is 115 Å². The van der Waals surface area contributed by atoms with Crippen LogP contribution in [0.25, 0.3) is 0 Å². The summed E-state index contributed by atoms with van der Waals surface area (Å²) < 4.78 is 12.0. The predicted molar refractivity (Wildman–Crippen MR) is 204 cm³/mol. The van der Waals surface area contributed by atoms with Gasteiger partial charge in [0.1, 0.15) is 11.2 Å². The first-order chi connectivity index (χ1) is 23.0. The van der Waals surface area contributed by atoms with Gasteiger partial charge in [0.15, 0.2) is 0 Å². The summed E-state index contributed by atoms with van der Waals surface area (Å²) >= 11 is 14.9. The molecule has 0 radical (unpaired) electrons. The molecule has 0 unspecified atom stereocenters. The summed E-state index contributed by atoms with van der Waals surface area (Å²) in [4.78, 5) is 30.4. The molecule has 0 atom stereocenters. The number of hydrogen-bond donors (Lipinski definition) is 1. The number of likely N-dealkylation sites (tertiary alicyclic amines) is 2. The fourth-order valence-corrected chi connectivity index (χ4v) is 7.60. The summed E-state index contributed by atoms with van der Waals surface area (Å²) in [5.41, 5.74) is 0.903. The van der Waals surface area contributed by atoms with Gasteiger partial charge in [-0.3, -0.25) is 0 Å². The zero-order chi connectivity index (χ0) is 35.9. The Morgan fingerprint density at radius 2 is 1.14 bits per heavy atom. The lowest BCUT2D eigenvalue weighted by Gasteiger charge is -2.46. The Labute approximate surface area is 312 Å². The SMILES string of the molecule is CC(C)(C)OC(=O)N1CCC2(CCCN2)CC1.CC(C)(C)OC(=O)N1CCC2(CCCN2c2ccc(Cl)cc2)CC1.Clc1ccc(Br)cc1. The van der Waals surface area contributed by atoms with Crippen molar-refractivity contribution in [2.75, 3.05) is 44.2 Å². The number of anilines is 1. The zero-order valence-electron chi connectivity index (χ0n) is 30.1. The molecule has 272 valence electrons. The molecule has 8 nitrogen and oxygen atoms in total. The van der Waals surface area contributed by atoms with E-state index in [0.29, 0.717) is 5.54 Å². The molecule has 4 aliphatic heterocycles. The Morgan fingerprint density at radius 3 is 1.57 bits per heavy atom. The van der Waals surface area contributed by atoms with Crippen molar-refractivity contribution in [3.05, 3.63) is 63.0 Å². The second-order valence-corrected chi connectivity index (χ2v) is 17.4. The lowest BCUT2D eigenvalue weighted by Crippen LogP contribution is -2.54. The van der Waals surface area contributed by atoms with Gasteiger partial charge >= 0.3 is 12.2 Å². The zero-order valence-corrected chi connectivity index (χ0v) is 33.2. The third-order valence-electron chi connectivity index (χ3n) is 9.59. The number of amides is 2. The molecule has 1 N–H and O–H groups in total.